The Bertz CT molecular complexity index is 618. The van der Waals surface area contributed by atoms with Gasteiger partial charge >= 0.3 is 0 Å². The van der Waals surface area contributed by atoms with Gasteiger partial charge in [0, 0.05) is 29.3 Å². The molecule has 0 radical (unpaired) electrons. The molecule has 2 aromatic rings. The van der Waals surface area contributed by atoms with Crippen LogP contribution in [-0.2, 0) is 12.2 Å². The number of anilines is 1. The molecule has 3 rings (SSSR count). The Morgan fingerprint density at radius 1 is 1.33 bits per heavy atom. The molecule has 0 bridgehead atoms. The van der Waals surface area contributed by atoms with Gasteiger partial charge in [0.25, 0.3) is 0 Å². The number of para-hydroxylation sites is 1. The smallest absolute Gasteiger partial charge is 0.227 e. The quantitative estimate of drug-likeness (QED) is 0.929. The summed E-state index contributed by atoms with van der Waals surface area (Å²) < 4.78 is 5.62. The summed E-state index contributed by atoms with van der Waals surface area (Å²) in [5, 5.41) is 7.52. The van der Waals surface area contributed by atoms with E-state index in [0.717, 1.165) is 30.4 Å². The van der Waals surface area contributed by atoms with E-state index in [9.17, 15) is 0 Å². The summed E-state index contributed by atoms with van der Waals surface area (Å²) in [6.45, 7) is 7.52. The van der Waals surface area contributed by atoms with E-state index in [1.807, 2.05) is 11.8 Å². The van der Waals surface area contributed by atoms with Gasteiger partial charge in [-0.2, -0.15) is 4.98 Å². The van der Waals surface area contributed by atoms with Gasteiger partial charge in [0.05, 0.1) is 5.75 Å². The molecule has 21 heavy (non-hydrogen) atoms. The molecule has 1 aromatic heterocycles. The van der Waals surface area contributed by atoms with Crippen LogP contribution in [0.2, 0.25) is 0 Å². The molecule has 1 N–H and O–H groups in total. The maximum atomic E-state index is 5.40. The molecule has 2 heterocycles. The zero-order valence-corrected chi connectivity index (χ0v) is 13.5. The van der Waals surface area contributed by atoms with Crippen LogP contribution in [0.3, 0.4) is 0 Å². The number of hydrogen-bond acceptors (Lipinski definition) is 5. The van der Waals surface area contributed by atoms with Crippen molar-refractivity contribution in [3.63, 3.8) is 0 Å². The Balaban J connectivity index is 1.63. The van der Waals surface area contributed by atoms with Gasteiger partial charge in [0.1, 0.15) is 0 Å². The molecule has 112 valence electrons. The van der Waals surface area contributed by atoms with Crippen LogP contribution < -0.4 is 5.32 Å². The zero-order valence-electron chi connectivity index (χ0n) is 12.7. The zero-order chi connectivity index (χ0) is 14.9. The van der Waals surface area contributed by atoms with Gasteiger partial charge in [0.2, 0.25) is 5.89 Å². The Labute approximate surface area is 129 Å². The fourth-order valence-electron chi connectivity index (χ4n) is 2.46. The highest BCUT2D eigenvalue weighted by molar-refractivity contribution is 7.99. The third-order valence-corrected chi connectivity index (χ3v) is 4.77. The van der Waals surface area contributed by atoms with Crippen LogP contribution in [0.4, 0.5) is 5.69 Å². The molecule has 0 spiro atoms. The number of benzene rings is 1. The molecular weight excluding hydrogens is 282 g/mol. The van der Waals surface area contributed by atoms with Gasteiger partial charge in [-0.3, -0.25) is 0 Å². The van der Waals surface area contributed by atoms with Gasteiger partial charge in [-0.25, -0.2) is 0 Å². The lowest BCUT2D eigenvalue weighted by Gasteiger charge is -2.15. The van der Waals surface area contributed by atoms with Crippen LogP contribution in [0.15, 0.2) is 28.8 Å². The summed E-state index contributed by atoms with van der Waals surface area (Å²) in [5.41, 5.74) is 2.58. The second-order valence-electron chi connectivity index (χ2n) is 6.37. The average Bonchev–Trinajstić information content (AvgIpc) is 3.04. The molecule has 0 fully saturated rings. The Morgan fingerprint density at radius 2 is 2.14 bits per heavy atom. The highest BCUT2D eigenvalue weighted by atomic mass is 32.2. The first-order chi connectivity index (χ1) is 10.0. The fraction of sp³-hybridized carbons (Fsp3) is 0.500. The van der Waals surface area contributed by atoms with Crippen LogP contribution in [0, 0.1) is 0 Å². The number of nitrogens with one attached hydrogen (secondary N) is 1. The first-order valence-electron chi connectivity index (χ1n) is 7.29. The van der Waals surface area contributed by atoms with E-state index in [1.54, 1.807) is 0 Å². The molecule has 0 aliphatic carbocycles. The average molecular weight is 303 g/mol. The SMILES string of the molecule is CC(C)(C)SCc1noc(CC2CNc3ccccc32)n1. The molecule has 1 unspecified atom stereocenters. The first kappa shape index (κ1) is 14.4. The molecule has 1 aromatic carbocycles. The third-order valence-electron chi connectivity index (χ3n) is 3.50. The highest BCUT2D eigenvalue weighted by Gasteiger charge is 2.24. The van der Waals surface area contributed by atoms with E-state index in [1.165, 1.54) is 11.3 Å². The molecule has 1 atom stereocenters. The van der Waals surface area contributed by atoms with Crippen molar-refractivity contribution in [2.45, 2.75) is 43.6 Å². The van der Waals surface area contributed by atoms with Crippen LogP contribution in [0.5, 0.6) is 0 Å². The predicted molar refractivity (Wildman–Crippen MR) is 86.7 cm³/mol. The Hall–Kier alpha value is -1.49. The minimum Gasteiger partial charge on any atom is -0.384 e. The summed E-state index contributed by atoms with van der Waals surface area (Å²) in [6, 6.07) is 8.43. The van der Waals surface area contributed by atoms with Crippen LogP contribution in [-0.4, -0.2) is 21.4 Å². The minimum absolute atomic E-state index is 0.217. The molecule has 1 aliphatic heterocycles. The number of nitrogens with zero attached hydrogens (tertiary/aromatic N) is 2. The molecule has 1 aliphatic rings. The van der Waals surface area contributed by atoms with Crippen LogP contribution >= 0.6 is 11.8 Å². The van der Waals surface area contributed by atoms with E-state index in [0.29, 0.717) is 5.92 Å². The van der Waals surface area contributed by atoms with Crippen LogP contribution in [0.25, 0.3) is 0 Å². The molecule has 0 amide bonds. The number of hydrogen-bond donors (Lipinski definition) is 1. The second kappa shape index (κ2) is 5.72. The molecule has 4 nitrogen and oxygen atoms in total. The van der Waals surface area contributed by atoms with Gasteiger partial charge in [0.15, 0.2) is 5.82 Å². The lowest BCUT2D eigenvalue weighted by atomic mass is 9.98. The minimum atomic E-state index is 0.217. The van der Waals surface area contributed by atoms with Gasteiger partial charge in [-0.1, -0.05) is 44.1 Å². The largest absolute Gasteiger partial charge is 0.384 e. The third kappa shape index (κ3) is 3.59. The molecule has 0 saturated heterocycles. The first-order valence-corrected chi connectivity index (χ1v) is 8.28. The standard InChI is InChI=1S/C16H21N3OS/c1-16(2,3)21-10-14-18-15(20-19-14)8-11-9-17-13-7-5-4-6-12(11)13/h4-7,11,17H,8-10H2,1-3H3. The van der Waals surface area contributed by atoms with Crippen molar-refractivity contribution in [1.29, 1.82) is 0 Å². The van der Waals surface area contributed by atoms with Crippen molar-refractivity contribution >= 4 is 17.4 Å². The van der Waals surface area contributed by atoms with E-state index >= 15 is 0 Å². The van der Waals surface area contributed by atoms with Gasteiger partial charge < -0.3 is 9.84 Å². The van der Waals surface area contributed by atoms with Crippen molar-refractivity contribution in [3.8, 4) is 0 Å². The number of thioether (sulfide) groups is 1. The summed E-state index contributed by atoms with van der Waals surface area (Å²) in [5.74, 6) is 2.75. The van der Waals surface area contributed by atoms with Gasteiger partial charge in [-0.15, -0.1) is 11.8 Å². The molecule has 5 heteroatoms. The summed E-state index contributed by atoms with van der Waals surface area (Å²) in [7, 11) is 0. The lowest BCUT2D eigenvalue weighted by Crippen LogP contribution is -2.08. The van der Waals surface area contributed by atoms with Crippen LogP contribution in [0.1, 0.15) is 44.0 Å². The van der Waals surface area contributed by atoms with Crippen molar-refractivity contribution < 1.29 is 4.52 Å². The van der Waals surface area contributed by atoms with E-state index in [2.05, 4.69) is 60.5 Å². The predicted octanol–water partition coefficient (Wildman–Crippen LogP) is 3.85. The highest BCUT2D eigenvalue weighted by Crippen LogP contribution is 2.33. The number of aromatic nitrogens is 2. The van der Waals surface area contributed by atoms with E-state index in [-0.39, 0.29) is 4.75 Å². The maximum absolute atomic E-state index is 5.40. The fourth-order valence-corrected chi connectivity index (χ4v) is 3.14. The number of fused-ring (bicyclic) bond motifs is 1. The maximum Gasteiger partial charge on any atom is 0.227 e. The summed E-state index contributed by atoms with van der Waals surface area (Å²) >= 11 is 1.83. The van der Waals surface area contributed by atoms with E-state index in [4.69, 9.17) is 4.52 Å². The number of rotatable bonds is 4. The molecular formula is C16H21N3OS. The van der Waals surface area contributed by atoms with Crippen molar-refractivity contribution in [1.82, 2.24) is 10.1 Å². The summed E-state index contributed by atoms with van der Waals surface area (Å²) in [6.07, 6.45) is 0.803. The van der Waals surface area contributed by atoms with Gasteiger partial charge in [-0.05, 0) is 11.6 Å². The topological polar surface area (TPSA) is 51.0 Å². The second-order valence-corrected chi connectivity index (χ2v) is 8.18. The monoisotopic (exact) mass is 303 g/mol. The normalized spacial score (nSPS) is 17.6. The molecule has 0 saturated carbocycles. The lowest BCUT2D eigenvalue weighted by molar-refractivity contribution is 0.368. The van der Waals surface area contributed by atoms with Crippen molar-refractivity contribution in [3.05, 3.63) is 41.5 Å². The Kier molecular flexibility index (Phi) is 3.93. The van der Waals surface area contributed by atoms with E-state index < -0.39 is 0 Å². The van der Waals surface area contributed by atoms with Crippen molar-refractivity contribution in [2.75, 3.05) is 11.9 Å². The summed E-state index contributed by atoms with van der Waals surface area (Å²) in [4.78, 5) is 4.52. The van der Waals surface area contributed by atoms with Crippen molar-refractivity contribution in [2.24, 2.45) is 0 Å². The Morgan fingerprint density at radius 3 is 2.95 bits per heavy atom.